The van der Waals surface area contributed by atoms with Gasteiger partial charge in [0, 0.05) is 24.4 Å². The van der Waals surface area contributed by atoms with Crippen LogP contribution >= 0.6 is 0 Å². The molecule has 7 nitrogen and oxygen atoms in total. The molecule has 0 bridgehead atoms. The van der Waals surface area contributed by atoms with Gasteiger partial charge in [-0.15, -0.1) is 0 Å². The molecule has 1 fully saturated rings. The number of anilines is 1. The largest absolute Gasteiger partial charge is 0.464 e. The number of carbonyl (C=O) groups is 1. The fourth-order valence-electron chi connectivity index (χ4n) is 3.14. The first-order valence-corrected chi connectivity index (χ1v) is 8.43. The van der Waals surface area contributed by atoms with E-state index in [-0.39, 0.29) is 17.8 Å². The van der Waals surface area contributed by atoms with E-state index in [0.717, 1.165) is 37.2 Å². The average molecular weight is 343 g/mol. The lowest BCUT2D eigenvalue weighted by molar-refractivity contribution is -0.384. The van der Waals surface area contributed by atoms with Gasteiger partial charge in [0.05, 0.1) is 11.0 Å². The van der Waals surface area contributed by atoms with Gasteiger partial charge in [-0.2, -0.15) is 0 Å². The van der Waals surface area contributed by atoms with Gasteiger partial charge in [0.1, 0.15) is 11.5 Å². The second-order valence-corrected chi connectivity index (χ2v) is 6.24. The van der Waals surface area contributed by atoms with Crippen molar-refractivity contribution < 1.29 is 14.1 Å². The Balaban J connectivity index is 1.76. The highest BCUT2D eigenvalue weighted by atomic mass is 16.6. The molecule has 0 spiro atoms. The molecule has 1 aromatic carbocycles. The molecule has 2 heterocycles. The number of carbonyl (C=O) groups excluding carboxylic acids is 1. The number of benzene rings is 1. The highest BCUT2D eigenvalue weighted by molar-refractivity contribution is 5.89. The van der Waals surface area contributed by atoms with Crippen LogP contribution in [-0.2, 0) is 0 Å². The summed E-state index contributed by atoms with van der Waals surface area (Å²) < 4.78 is 5.75. The van der Waals surface area contributed by atoms with Crippen LogP contribution in [0.25, 0.3) is 0 Å². The summed E-state index contributed by atoms with van der Waals surface area (Å²) in [7, 11) is 0. The van der Waals surface area contributed by atoms with Crippen molar-refractivity contribution >= 4 is 17.4 Å². The zero-order valence-electron chi connectivity index (χ0n) is 14.1. The summed E-state index contributed by atoms with van der Waals surface area (Å²) in [5.74, 6) is 1.63. The van der Waals surface area contributed by atoms with E-state index in [4.69, 9.17) is 4.42 Å². The van der Waals surface area contributed by atoms with Crippen LogP contribution in [0.3, 0.4) is 0 Å². The van der Waals surface area contributed by atoms with Crippen molar-refractivity contribution in [1.82, 2.24) is 4.90 Å². The quantitative estimate of drug-likeness (QED) is 0.649. The van der Waals surface area contributed by atoms with Crippen molar-refractivity contribution in [2.24, 2.45) is 0 Å². The fraction of sp³-hybridized carbons (Fsp3) is 0.389. The molecule has 132 valence electrons. The summed E-state index contributed by atoms with van der Waals surface area (Å²) in [6.07, 6.45) is 3.94. The van der Waals surface area contributed by atoms with Gasteiger partial charge in [-0.1, -0.05) is 12.8 Å². The molecular weight excluding hydrogens is 322 g/mol. The number of hydrogen-bond donors (Lipinski definition) is 1. The number of amides is 2. The van der Waals surface area contributed by atoms with Gasteiger partial charge in [-0.25, -0.2) is 4.79 Å². The van der Waals surface area contributed by atoms with Crippen molar-refractivity contribution in [3.8, 4) is 0 Å². The molecular formula is C18H21N3O4. The molecule has 1 atom stereocenters. The lowest BCUT2D eigenvalue weighted by Crippen LogP contribution is -2.37. The Labute approximate surface area is 145 Å². The number of nitro benzene ring substituents is 1. The van der Waals surface area contributed by atoms with E-state index < -0.39 is 4.92 Å². The fourth-order valence-corrected chi connectivity index (χ4v) is 3.14. The maximum atomic E-state index is 12.8. The molecule has 2 amide bonds. The van der Waals surface area contributed by atoms with Gasteiger partial charge in [0.2, 0.25) is 0 Å². The molecule has 3 rings (SSSR count). The van der Waals surface area contributed by atoms with E-state index in [2.05, 4.69) is 5.32 Å². The summed E-state index contributed by atoms with van der Waals surface area (Å²) in [6.45, 7) is 2.55. The number of nitrogens with zero attached hydrogens (tertiary/aromatic N) is 2. The maximum absolute atomic E-state index is 12.8. The van der Waals surface area contributed by atoms with E-state index >= 15 is 0 Å². The van der Waals surface area contributed by atoms with Crippen LogP contribution in [0, 0.1) is 17.0 Å². The van der Waals surface area contributed by atoms with Crippen molar-refractivity contribution in [1.29, 1.82) is 0 Å². The molecule has 25 heavy (non-hydrogen) atoms. The third kappa shape index (κ3) is 3.99. The van der Waals surface area contributed by atoms with E-state index in [1.807, 2.05) is 19.1 Å². The Morgan fingerprint density at radius 3 is 2.60 bits per heavy atom. The summed E-state index contributed by atoms with van der Waals surface area (Å²) >= 11 is 0. The van der Waals surface area contributed by atoms with Crippen LogP contribution in [0.1, 0.15) is 43.2 Å². The first-order chi connectivity index (χ1) is 12.0. The van der Waals surface area contributed by atoms with Gasteiger partial charge in [-0.3, -0.25) is 10.1 Å². The van der Waals surface area contributed by atoms with Gasteiger partial charge < -0.3 is 14.6 Å². The van der Waals surface area contributed by atoms with Crippen LogP contribution in [-0.4, -0.2) is 22.4 Å². The Hall–Kier alpha value is -2.83. The van der Waals surface area contributed by atoms with E-state index in [1.165, 1.54) is 12.1 Å². The summed E-state index contributed by atoms with van der Waals surface area (Å²) in [5.41, 5.74) is 0.533. The number of nitro groups is 1. The monoisotopic (exact) mass is 343 g/mol. The molecule has 7 heteroatoms. The first kappa shape index (κ1) is 17.0. The number of aryl methyl sites for hydroxylation is 1. The normalized spacial score (nSPS) is 17.8. The lowest BCUT2D eigenvalue weighted by Gasteiger charge is -2.28. The molecule has 0 radical (unpaired) electrons. The number of non-ortho nitro benzene ring substituents is 1. The van der Waals surface area contributed by atoms with Crippen LogP contribution < -0.4 is 5.32 Å². The van der Waals surface area contributed by atoms with Gasteiger partial charge in [0.25, 0.3) is 5.69 Å². The molecule has 1 saturated heterocycles. The SMILES string of the molecule is Cc1ccc(C2CCCCCN2C(=O)Nc2ccc([N+](=O)[O-])cc2)o1. The van der Waals surface area contributed by atoms with Crippen LogP contribution in [0.15, 0.2) is 40.8 Å². The van der Waals surface area contributed by atoms with E-state index in [0.29, 0.717) is 12.2 Å². The van der Waals surface area contributed by atoms with Crippen molar-refractivity contribution in [2.45, 2.75) is 38.6 Å². The Morgan fingerprint density at radius 2 is 1.96 bits per heavy atom. The molecule has 0 aliphatic carbocycles. The minimum Gasteiger partial charge on any atom is -0.464 e. The number of likely N-dealkylation sites (tertiary alicyclic amines) is 1. The summed E-state index contributed by atoms with van der Waals surface area (Å²) in [4.78, 5) is 24.8. The molecule has 1 N–H and O–H groups in total. The second-order valence-electron chi connectivity index (χ2n) is 6.24. The highest BCUT2D eigenvalue weighted by Crippen LogP contribution is 2.31. The maximum Gasteiger partial charge on any atom is 0.322 e. The standard InChI is InChI=1S/C18H21N3O4/c1-13-6-11-17(25-13)16-5-3-2-4-12-20(16)18(22)19-14-7-9-15(10-8-14)21(23)24/h6-11,16H,2-5,12H2,1H3,(H,19,22). The van der Waals surface area contributed by atoms with Crippen LogP contribution in [0.2, 0.25) is 0 Å². The Bertz CT molecular complexity index is 754. The second kappa shape index (κ2) is 7.38. The minimum absolute atomic E-state index is 0.00305. The Morgan fingerprint density at radius 1 is 1.20 bits per heavy atom. The average Bonchev–Trinajstić information content (AvgIpc) is 2.88. The topological polar surface area (TPSA) is 88.6 Å². The van der Waals surface area contributed by atoms with E-state index in [9.17, 15) is 14.9 Å². The number of rotatable bonds is 3. The van der Waals surface area contributed by atoms with Crippen molar-refractivity contribution in [3.05, 3.63) is 58.0 Å². The Kier molecular flexibility index (Phi) is 5.02. The van der Waals surface area contributed by atoms with E-state index in [1.54, 1.807) is 17.0 Å². The summed E-state index contributed by atoms with van der Waals surface area (Å²) in [5, 5.41) is 13.6. The van der Waals surface area contributed by atoms with Gasteiger partial charge in [0.15, 0.2) is 0 Å². The minimum atomic E-state index is -0.463. The van der Waals surface area contributed by atoms with Crippen molar-refractivity contribution in [2.75, 3.05) is 11.9 Å². The summed E-state index contributed by atoms with van der Waals surface area (Å²) in [6, 6.07) is 9.38. The number of nitrogens with one attached hydrogen (secondary N) is 1. The molecule has 1 unspecified atom stereocenters. The lowest BCUT2D eigenvalue weighted by atomic mass is 10.1. The van der Waals surface area contributed by atoms with Crippen molar-refractivity contribution in [3.63, 3.8) is 0 Å². The molecule has 1 aliphatic rings. The smallest absolute Gasteiger partial charge is 0.322 e. The predicted octanol–water partition coefficient (Wildman–Crippen LogP) is 4.65. The highest BCUT2D eigenvalue weighted by Gasteiger charge is 2.29. The first-order valence-electron chi connectivity index (χ1n) is 8.43. The van der Waals surface area contributed by atoms with Gasteiger partial charge in [-0.05, 0) is 44.0 Å². The number of furan rings is 1. The molecule has 1 aliphatic heterocycles. The molecule has 2 aromatic rings. The third-order valence-corrected chi connectivity index (χ3v) is 4.43. The number of urea groups is 1. The zero-order chi connectivity index (χ0) is 17.8. The van der Waals surface area contributed by atoms with Crippen LogP contribution in [0.4, 0.5) is 16.2 Å². The van der Waals surface area contributed by atoms with Gasteiger partial charge >= 0.3 is 6.03 Å². The molecule has 1 aromatic heterocycles. The predicted molar refractivity (Wildman–Crippen MR) is 93.5 cm³/mol. The zero-order valence-corrected chi connectivity index (χ0v) is 14.1. The third-order valence-electron chi connectivity index (χ3n) is 4.43. The van der Waals surface area contributed by atoms with Crippen LogP contribution in [0.5, 0.6) is 0 Å². The number of hydrogen-bond acceptors (Lipinski definition) is 4. The molecule has 0 saturated carbocycles.